The van der Waals surface area contributed by atoms with Crippen LogP contribution in [0.4, 0.5) is 0 Å². The van der Waals surface area contributed by atoms with Gasteiger partial charge in [-0.05, 0) is 25.2 Å². The van der Waals surface area contributed by atoms with Crippen molar-refractivity contribution in [2.45, 2.75) is 27.7 Å². The first kappa shape index (κ1) is 15.2. The van der Waals surface area contributed by atoms with Gasteiger partial charge in [-0.25, -0.2) is 13.6 Å². The molecule has 5 nitrogen and oxygen atoms in total. The number of sulfonamides is 1. The normalized spacial score (nSPS) is 25.4. The molecule has 0 aromatic carbocycles. The summed E-state index contributed by atoms with van der Waals surface area (Å²) >= 11 is 0. The molecule has 0 radical (unpaired) electrons. The number of hydrogen-bond donors (Lipinski definition) is 2. The average molecular weight is 274 g/mol. The van der Waals surface area contributed by atoms with Gasteiger partial charge >= 0.3 is 0 Å². The molecule has 0 aromatic rings. The molecule has 0 spiro atoms. The molecule has 3 N–H and O–H groups in total. The summed E-state index contributed by atoms with van der Waals surface area (Å²) in [6.45, 7) is 8.17. The zero-order valence-corrected chi connectivity index (χ0v) is 12.2. The van der Waals surface area contributed by atoms with Crippen LogP contribution in [-0.4, -0.2) is 26.6 Å². The lowest BCUT2D eigenvalue weighted by Crippen LogP contribution is -2.33. The van der Waals surface area contributed by atoms with E-state index >= 15 is 0 Å². The van der Waals surface area contributed by atoms with Gasteiger partial charge in [-0.15, -0.1) is 0 Å². The van der Waals surface area contributed by atoms with E-state index in [2.05, 4.69) is 11.4 Å². The number of allylic oxidation sites excluding steroid dienone is 2. The second kappa shape index (κ2) is 5.01. The van der Waals surface area contributed by atoms with Crippen LogP contribution in [0.1, 0.15) is 27.7 Å². The van der Waals surface area contributed by atoms with Crippen molar-refractivity contribution in [3.8, 4) is 0 Å². The van der Waals surface area contributed by atoms with Crippen molar-refractivity contribution < 1.29 is 13.2 Å². The van der Waals surface area contributed by atoms with Crippen LogP contribution in [-0.2, 0) is 14.8 Å². The summed E-state index contributed by atoms with van der Waals surface area (Å²) in [5, 5.41) is 7.50. The molecule has 0 bridgehead atoms. The maximum atomic E-state index is 11.9. The molecule has 0 aromatic heterocycles. The highest BCUT2D eigenvalue weighted by Gasteiger charge is 2.60. The third kappa shape index (κ3) is 3.81. The standard InChI is InChI=1S/C12H22N2O3S/c1-8(2)7-9-10(12(9,3)4)11(15)14-5-6-18(13,16)17/h7,9-10H,5-6H2,1-4H3,(H,14,15)(H2,13,16,17)/t9-,10+/m0/s1. The Labute approximate surface area is 109 Å². The van der Waals surface area contributed by atoms with Crippen molar-refractivity contribution >= 4 is 15.9 Å². The SMILES string of the molecule is CC(C)=C[C@H]1[C@H](C(=O)NCCS(N)(=O)=O)C1(C)C. The first-order valence-electron chi connectivity index (χ1n) is 5.99. The summed E-state index contributed by atoms with van der Waals surface area (Å²) in [4.78, 5) is 11.9. The summed E-state index contributed by atoms with van der Waals surface area (Å²) in [5.41, 5.74) is 1.14. The van der Waals surface area contributed by atoms with E-state index in [0.717, 1.165) is 0 Å². The highest BCUT2D eigenvalue weighted by Crippen LogP contribution is 2.59. The van der Waals surface area contributed by atoms with Crippen LogP contribution in [0.15, 0.2) is 11.6 Å². The number of rotatable bonds is 5. The van der Waals surface area contributed by atoms with Crippen LogP contribution < -0.4 is 10.5 Å². The topological polar surface area (TPSA) is 89.3 Å². The van der Waals surface area contributed by atoms with Gasteiger partial charge < -0.3 is 5.32 Å². The van der Waals surface area contributed by atoms with Crippen molar-refractivity contribution in [1.82, 2.24) is 5.32 Å². The highest BCUT2D eigenvalue weighted by atomic mass is 32.2. The molecule has 0 unspecified atom stereocenters. The number of nitrogens with two attached hydrogens (primary N) is 1. The molecule has 1 aliphatic carbocycles. The summed E-state index contributed by atoms with van der Waals surface area (Å²) in [5.74, 6) is -0.157. The van der Waals surface area contributed by atoms with Gasteiger partial charge in [-0.3, -0.25) is 4.79 Å². The number of primary sulfonamides is 1. The Hall–Kier alpha value is -0.880. The molecule has 1 aliphatic rings. The molecule has 0 heterocycles. The zero-order chi connectivity index (χ0) is 14.1. The fraction of sp³-hybridized carbons (Fsp3) is 0.750. The molecular weight excluding hydrogens is 252 g/mol. The van der Waals surface area contributed by atoms with Crippen molar-refractivity contribution in [2.75, 3.05) is 12.3 Å². The van der Waals surface area contributed by atoms with Crippen molar-refractivity contribution in [1.29, 1.82) is 0 Å². The van der Waals surface area contributed by atoms with E-state index in [1.807, 2.05) is 27.7 Å². The second-order valence-corrected chi connectivity index (χ2v) is 7.46. The average Bonchev–Trinajstić information content (AvgIpc) is 2.64. The van der Waals surface area contributed by atoms with Crippen LogP contribution in [0.5, 0.6) is 0 Å². The Kier molecular flexibility index (Phi) is 4.23. The van der Waals surface area contributed by atoms with Crippen molar-refractivity contribution in [2.24, 2.45) is 22.4 Å². The number of hydrogen-bond acceptors (Lipinski definition) is 3. The minimum absolute atomic E-state index is 0.0526. The zero-order valence-electron chi connectivity index (χ0n) is 11.4. The Balaban J connectivity index is 2.52. The van der Waals surface area contributed by atoms with E-state index in [4.69, 9.17) is 5.14 Å². The molecule has 18 heavy (non-hydrogen) atoms. The Bertz CT molecular complexity index is 462. The highest BCUT2D eigenvalue weighted by molar-refractivity contribution is 7.89. The van der Waals surface area contributed by atoms with E-state index in [1.165, 1.54) is 5.57 Å². The second-order valence-electron chi connectivity index (χ2n) is 5.73. The van der Waals surface area contributed by atoms with Gasteiger partial charge in [-0.2, -0.15) is 0 Å². The monoisotopic (exact) mass is 274 g/mol. The first-order valence-corrected chi connectivity index (χ1v) is 7.70. The van der Waals surface area contributed by atoms with Crippen LogP contribution >= 0.6 is 0 Å². The van der Waals surface area contributed by atoms with Gasteiger partial charge in [0.05, 0.1) is 11.7 Å². The van der Waals surface area contributed by atoms with Gasteiger partial charge in [0, 0.05) is 6.54 Å². The number of nitrogens with one attached hydrogen (secondary N) is 1. The molecular formula is C12H22N2O3S. The summed E-state index contributed by atoms with van der Waals surface area (Å²) in [7, 11) is -3.51. The summed E-state index contributed by atoms with van der Waals surface area (Å²) in [6.07, 6.45) is 2.10. The maximum Gasteiger partial charge on any atom is 0.224 e. The van der Waals surface area contributed by atoms with E-state index in [0.29, 0.717) is 0 Å². The van der Waals surface area contributed by atoms with E-state index in [-0.39, 0.29) is 35.5 Å². The molecule has 2 atom stereocenters. The minimum atomic E-state index is -3.51. The molecule has 1 fully saturated rings. The van der Waals surface area contributed by atoms with Gasteiger partial charge in [-0.1, -0.05) is 25.5 Å². The fourth-order valence-corrected chi connectivity index (χ4v) is 2.66. The predicted molar refractivity (Wildman–Crippen MR) is 71.2 cm³/mol. The van der Waals surface area contributed by atoms with Crippen molar-refractivity contribution in [3.05, 3.63) is 11.6 Å². The maximum absolute atomic E-state index is 11.9. The molecule has 104 valence electrons. The van der Waals surface area contributed by atoms with Crippen LogP contribution in [0, 0.1) is 17.3 Å². The molecule has 1 saturated carbocycles. The van der Waals surface area contributed by atoms with E-state index < -0.39 is 10.0 Å². The number of carbonyl (C=O) groups is 1. The van der Waals surface area contributed by atoms with E-state index in [1.54, 1.807) is 0 Å². The van der Waals surface area contributed by atoms with Crippen LogP contribution in [0.2, 0.25) is 0 Å². The van der Waals surface area contributed by atoms with Crippen LogP contribution in [0.3, 0.4) is 0 Å². The van der Waals surface area contributed by atoms with E-state index in [9.17, 15) is 13.2 Å². The van der Waals surface area contributed by atoms with Crippen LogP contribution in [0.25, 0.3) is 0 Å². The molecule has 1 amide bonds. The lowest BCUT2D eigenvalue weighted by molar-refractivity contribution is -0.123. The Morgan fingerprint density at radius 3 is 2.39 bits per heavy atom. The third-order valence-corrected chi connectivity index (χ3v) is 4.17. The van der Waals surface area contributed by atoms with Gasteiger partial charge in [0.2, 0.25) is 15.9 Å². The quantitative estimate of drug-likeness (QED) is 0.721. The smallest absolute Gasteiger partial charge is 0.224 e. The molecule has 1 rings (SSSR count). The first-order chi connectivity index (χ1) is 8.05. The number of amides is 1. The van der Waals surface area contributed by atoms with Gasteiger partial charge in [0.15, 0.2) is 0 Å². The van der Waals surface area contributed by atoms with Gasteiger partial charge in [0.1, 0.15) is 0 Å². The summed E-state index contributed by atoms with van der Waals surface area (Å²) in [6, 6.07) is 0. The minimum Gasteiger partial charge on any atom is -0.355 e. The largest absolute Gasteiger partial charge is 0.355 e. The Morgan fingerprint density at radius 2 is 1.94 bits per heavy atom. The third-order valence-electron chi connectivity index (χ3n) is 3.39. The lowest BCUT2D eigenvalue weighted by Gasteiger charge is -2.04. The van der Waals surface area contributed by atoms with Gasteiger partial charge in [0.25, 0.3) is 0 Å². The molecule has 0 aliphatic heterocycles. The lowest BCUT2D eigenvalue weighted by atomic mass is 10.1. The summed E-state index contributed by atoms with van der Waals surface area (Å²) < 4.78 is 21.5. The Morgan fingerprint density at radius 1 is 1.39 bits per heavy atom. The molecule has 0 saturated heterocycles. The molecule has 6 heteroatoms. The number of carbonyl (C=O) groups excluding carboxylic acids is 1. The van der Waals surface area contributed by atoms with Crippen molar-refractivity contribution in [3.63, 3.8) is 0 Å². The fourth-order valence-electron chi connectivity index (χ4n) is 2.28. The predicted octanol–water partition coefficient (Wildman–Crippen LogP) is 0.630.